The molecular weight excluding hydrogens is 340 g/mol. The van der Waals surface area contributed by atoms with Crippen molar-refractivity contribution in [1.82, 2.24) is 0 Å². The van der Waals surface area contributed by atoms with Crippen LogP contribution in [-0.2, 0) is 4.79 Å². The Morgan fingerprint density at radius 1 is 1.15 bits per heavy atom. The van der Waals surface area contributed by atoms with Crippen LogP contribution >= 0.6 is 0 Å². The lowest BCUT2D eigenvalue weighted by Gasteiger charge is -2.33. The van der Waals surface area contributed by atoms with Crippen LogP contribution in [0.5, 0.6) is 5.75 Å². The maximum atomic E-state index is 13.2. The molecule has 1 saturated heterocycles. The van der Waals surface area contributed by atoms with Gasteiger partial charge in [-0.05, 0) is 24.3 Å². The standard InChI is InChI=1S/C19H21F2N3O2/c1-26-16-4-2-3-15(12-16)24-9-7-23(8-10-24)13-19(25)22-14-5-6-17(20)18(21)11-14/h2-6,11-12H,7-10,13H2,1H3,(H,22,25)/p+1. The van der Waals surface area contributed by atoms with Gasteiger partial charge in [0.25, 0.3) is 5.91 Å². The largest absolute Gasteiger partial charge is 0.497 e. The Hall–Kier alpha value is -2.67. The molecule has 138 valence electrons. The van der Waals surface area contributed by atoms with Gasteiger partial charge in [-0.1, -0.05) is 6.07 Å². The number of methoxy groups -OCH3 is 1. The molecule has 0 atom stereocenters. The number of benzene rings is 2. The first-order chi connectivity index (χ1) is 12.5. The van der Waals surface area contributed by atoms with Gasteiger partial charge in [0.05, 0.1) is 33.3 Å². The van der Waals surface area contributed by atoms with Crippen LogP contribution in [0.4, 0.5) is 20.2 Å². The molecule has 26 heavy (non-hydrogen) atoms. The van der Waals surface area contributed by atoms with Crippen LogP contribution < -0.4 is 19.9 Å². The zero-order valence-electron chi connectivity index (χ0n) is 14.6. The molecule has 1 aliphatic rings. The summed E-state index contributed by atoms with van der Waals surface area (Å²) in [4.78, 5) is 15.6. The fourth-order valence-corrected chi connectivity index (χ4v) is 3.07. The van der Waals surface area contributed by atoms with Gasteiger partial charge in [0.2, 0.25) is 0 Å². The molecule has 0 saturated carbocycles. The van der Waals surface area contributed by atoms with E-state index in [4.69, 9.17) is 4.74 Å². The Morgan fingerprint density at radius 2 is 1.92 bits per heavy atom. The minimum absolute atomic E-state index is 0.208. The van der Waals surface area contributed by atoms with Crippen molar-refractivity contribution in [2.24, 2.45) is 0 Å². The van der Waals surface area contributed by atoms with Gasteiger partial charge in [-0.3, -0.25) is 4.79 Å². The second-order valence-corrected chi connectivity index (χ2v) is 6.29. The van der Waals surface area contributed by atoms with Gasteiger partial charge in [-0.25, -0.2) is 8.78 Å². The second kappa shape index (κ2) is 8.14. The molecule has 2 aromatic carbocycles. The molecule has 7 heteroatoms. The summed E-state index contributed by atoms with van der Waals surface area (Å²) in [6, 6.07) is 11.3. The van der Waals surface area contributed by atoms with Crippen LogP contribution in [0.15, 0.2) is 42.5 Å². The highest BCUT2D eigenvalue weighted by atomic mass is 19.2. The fraction of sp³-hybridized carbons (Fsp3) is 0.316. The van der Waals surface area contributed by atoms with Gasteiger partial charge < -0.3 is 19.9 Å². The van der Waals surface area contributed by atoms with Crippen LogP contribution in [0.25, 0.3) is 0 Å². The molecule has 1 heterocycles. The molecule has 0 radical (unpaired) electrons. The van der Waals surface area contributed by atoms with Crippen molar-refractivity contribution in [2.75, 3.05) is 50.1 Å². The third-order valence-corrected chi connectivity index (χ3v) is 4.50. The van der Waals surface area contributed by atoms with E-state index in [2.05, 4.69) is 10.2 Å². The van der Waals surface area contributed by atoms with E-state index in [-0.39, 0.29) is 11.6 Å². The molecule has 1 amide bonds. The molecule has 0 aromatic heterocycles. The Labute approximate surface area is 151 Å². The topological polar surface area (TPSA) is 46.0 Å². The zero-order valence-corrected chi connectivity index (χ0v) is 14.6. The Morgan fingerprint density at radius 3 is 2.62 bits per heavy atom. The number of quaternary nitrogens is 1. The highest BCUT2D eigenvalue weighted by Crippen LogP contribution is 2.20. The van der Waals surface area contributed by atoms with E-state index >= 15 is 0 Å². The van der Waals surface area contributed by atoms with Crippen LogP contribution in [0, 0.1) is 11.6 Å². The summed E-state index contributed by atoms with van der Waals surface area (Å²) in [5.41, 5.74) is 1.37. The first-order valence-corrected chi connectivity index (χ1v) is 8.52. The van der Waals surface area contributed by atoms with Gasteiger partial charge in [0, 0.05) is 23.5 Å². The number of ether oxygens (including phenoxy) is 1. The molecule has 0 bridgehead atoms. The average molecular weight is 362 g/mol. The van der Waals surface area contributed by atoms with Crippen molar-refractivity contribution in [3.05, 3.63) is 54.1 Å². The lowest BCUT2D eigenvalue weighted by atomic mass is 10.2. The van der Waals surface area contributed by atoms with Crippen molar-refractivity contribution in [3.8, 4) is 5.75 Å². The van der Waals surface area contributed by atoms with Crippen molar-refractivity contribution >= 4 is 17.3 Å². The second-order valence-electron chi connectivity index (χ2n) is 6.29. The van der Waals surface area contributed by atoms with Crippen LogP contribution in [-0.4, -0.2) is 45.7 Å². The summed E-state index contributed by atoms with van der Waals surface area (Å²) in [6.45, 7) is 3.61. The number of nitrogens with one attached hydrogen (secondary N) is 2. The number of anilines is 2. The summed E-state index contributed by atoms with van der Waals surface area (Å²) in [7, 11) is 1.65. The molecule has 2 N–H and O–H groups in total. The highest BCUT2D eigenvalue weighted by Gasteiger charge is 2.22. The number of amides is 1. The summed E-state index contributed by atoms with van der Waals surface area (Å²) in [5, 5.41) is 2.62. The lowest BCUT2D eigenvalue weighted by molar-refractivity contribution is -0.892. The van der Waals surface area contributed by atoms with E-state index in [0.717, 1.165) is 54.6 Å². The minimum Gasteiger partial charge on any atom is -0.497 e. The summed E-state index contributed by atoms with van der Waals surface area (Å²) in [5.74, 6) is -1.28. The number of halogens is 2. The van der Waals surface area contributed by atoms with Gasteiger partial charge in [-0.15, -0.1) is 0 Å². The smallest absolute Gasteiger partial charge is 0.279 e. The lowest BCUT2D eigenvalue weighted by Crippen LogP contribution is -3.15. The first-order valence-electron chi connectivity index (χ1n) is 8.52. The number of piperazine rings is 1. The summed E-state index contributed by atoms with van der Waals surface area (Å²) in [6.07, 6.45) is 0. The quantitative estimate of drug-likeness (QED) is 0.843. The van der Waals surface area contributed by atoms with E-state index in [1.54, 1.807) is 7.11 Å². The molecule has 0 unspecified atom stereocenters. The predicted molar refractivity (Wildman–Crippen MR) is 95.8 cm³/mol. The average Bonchev–Trinajstić information content (AvgIpc) is 2.65. The molecule has 5 nitrogen and oxygen atoms in total. The third kappa shape index (κ3) is 4.49. The van der Waals surface area contributed by atoms with Crippen LogP contribution in [0.2, 0.25) is 0 Å². The van der Waals surface area contributed by atoms with Crippen LogP contribution in [0.3, 0.4) is 0 Å². The number of carbonyl (C=O) groups is 1. The highest BCUT2D eigenvalue weighted by molar-refractivity contribution is 5.91. The monoisotopic (exact) mass is 362 g/mol. The summed E-state index contributed by atoms with van der Waals surface area (Å²) < 4.78 is 31.4. The van der Waals surface area contributed by atoms with Gasteiger partial charge in [-0.2, -0.15) is 0 Å². The zero-order chi connectivity index (χ0) is 18.5. The SMILES string of the molecule is COc1cccc(N2CC[NH+](CC(=O)Nc3ccc(F)c(F)c3)CC2)c1. The minimum atomic E-state index is -0.970. The van der Waals surface area contributed by atoms with Gasteiger partial charge >= 0.3 is 0 Å². The number of hydrogen-bond acceptors (Lipinski definition) is 3. The molecule has 3 rings (SSSR count). The molecule has 2 aromatic rings. The Balaban J connectivity index is 1.50. The van der Waals surface area contributed by atoms with E-state index < -0.39 is 11.6 Å². The van der Waals surface area contributed by atoms with Crippen molar-refractivity contribution in [3.63, 3.8) is 0 Å². The van der Waals surface area contributed by atoms with Crippen molar-refractivity contribution in [1.29, 1.82) is 0 Å². The van der Waals surface area contributed by atoms with Gasteiger partial charge in [0.15, 0.2) is 18.2 Å². The third-order valence-electron chi connectivity index (χ3n) is 4.50. The Bertz CT molecular complexity index is 777. The van der Waals surface area contributed by atoms with Gasteiger partial charge in [0.1, 0.15) is 5.75 Å². The molecule has 0 spiro atoms. The van der Waals surface area contributed by atoms with Crippen molar-refractivity contribution < 1.29 is 23.2 Å². The molecule has 0 aliphatic carbocycles. The number of rotatable bonds is 5. The Kier molecular flexibility index (Phi) is 5.68. The number of nitrogens with zero attached hydrogens (tertiary/aromatic N) is 1. The van der Waals surface area contributed by atoms with E-state index in [1.807, 2.05) is 24.3 Å². The predicted octanol–water partition coefficient (Wildman–Crippen LogP) is 1.32. The normalized spacial score (nSPS) is 15.0. The molecular formula is C19H22F2N3O2+. The maximum Gasteiger partial charge on any atom is 0.279 e. The molecule has 1 aliphatic heterocycles. The van der Waals surface area contributed by atoms with E-state index in [1.165, 1.54) is 6.07 Å². The van der Waals surface area contributed by atoms with E-state index in [9.17, 15) is 13.6 Å². The molecule has 1 fully saturated rings. The van der Waals surface area contributed by atoms with Crippen molar-refractivity contribution in [2.45, 2.75) is 0 Å². The fourth-order valence-electron chi connectivity index (χ4n) is 3.07. The number of carbonyl (C=O) groups excluding carboxylic acids is 1. The number of hydrogen-bond donors (Lipinski definition) is 2. The maximum absolute atomic E-state index is 13.2. The first kappa shape index (κ1) is 18.1. The van der Waals surface area contributed by atoms with Crippen LogP contribution in [0.1, 0.15) is 0 Å². The summed E-state index contributed by atoms with van der Waals surface area (Å²) >= 11 is 0. The van der Waals surface area contributed by atoms with E-state index in [0.29, 0.717) is 6.54 Å².